The molecule has 5 nitrogen and oxygen atoms in total. The first-order valence-electron chi connectivity index (χ1n) is 8.47. The number of nitrogens with one attached hydrogen (secondary N) is 2. The second-order valence-electron chi connectivity index (χ2n) is 6.39. The van der Waals surface area contributed by atoms with Gasteiger partial charge in [-0.3, -0.25) is 9.59 Å². The van der Waals surface area contributed by atoms with E-state index < -0.39 is 0 Å². The van der Waals surface area contributed by atoms with E-state index in [9.17, 15) is 9.59 Å². The fourth-order valence-corrected chi connectivity index (χ4v) is 3.34. The van der Waals surface area contributed by atoms with Crippen LogP contribution >= 0.6 is 0 Å². The van der Waals surface area contributed by atoms with Crippen LogP contribution in [-0.4, -0.2) is 24.9 Å². The third kappa shape index (κ3) is 4.55. The second kappa shape index (κ2) is 8.11. The molecule has 1 aliphatic rings. The van der Waals surface area contributed by atoms with E-state index in [1.807, 2.05) is 13.0 Å². The molecule has 0 unspecified atom stereocenters. The first-order chi connectivity index (χ1) is 11.1. The van der Waals surface area contributed by atoms with Crippen LogP contribution in [-0.2, 0) is 4.79 Å². The van der Waals surface area contributed by atoms with Gasteiger partial charge in [0.05, 0.1) is 11.3 Å². The summed E-state index contributed by atoms with van der Waals surface area (Å²) in [6.45, 7) is 2.96. The third-order valence-electron chi connectivity index (χ3n) is 4.67. The summed E-state index contributed by atoms with van der Waals surface area (Å²) >= 11 is 0. The summed E-state index contributed by atoms with van der Waals surface area (Å²) < 4.78 is 0. The molecule has 23 heavy (non-hydrogen) atoms. The van der Waals surface area contributed by atoms with E-state index in [-0.39, 0.29) is 17.2 Å². The van der Waals surface area contributed by atoms with Crippen LogP contribution in [0, 0.1) is 5.41 Å². The maximum atomic E-state index is 12.5. The molecule has 4 N–H and O–H groups in total. The van der Waals surface area contributed by atoms with Crippen LogP contribution in [0.25, 0.3) is 0 Å². The molecule has 0 bridgehead atoms. The molecule has 2 amide bonds. The lowest BCUT2D eigenvalue weighted by atomic mass is 9.71. The normalized spacial score (nSPS) is 16.6. The average molecular weight is 317 g/mol. The van der Waals surface area contributed by atoms with Gasteiger partial charge in [0.25, 0.3) is 5.91 Å². The van der Waals surface area contributed by atoms with Crippen molar-refractivity contribution in [1.29, 1.82) is 0 Å². The third-order valence-corrected chi connectivity index (χ3v) is 4.67. The Kier molecular flexibility index (Phi) is 6.16. The standard InChI is InChI=1S/C18H27N3O2/c1-2-20-17(23)14-8-4-5-9-15(14)21-16(22)12-18(13-19)10-6-3-7-11-18/h4-5,8-9H,2-3,6-7,10-13,19H2,1H3,(H,20,23)(H,21,22). The summed E-state index contributed by atoms with van der Waals surface area (Å²) in [6, 6.07) is 7.10. The minimum absolute atomic E-state index is 0.0610. The molecule has 0 heterocycles. The molecular weight excluding hydrogens is 290 g/mol. The van der Waals surface area contributed by atoms with Gasteiger partial charge in [0, 0.05) is 13.0 Å². The Morgan fingerprint density at radius 1 is 1.17 bits per heavy atom. The molecule has 5 heteroatoms. The van der Waals surface area contributed by atoms with E-state index in [4.69, 9.17) is 5.73 Å². The Hall–Kier alpha value is -1.88. The van der Waals surface area contributed by atoms with Gasteiger partial charge in [-0.15, -0.1) is 0 Å². The number of benzene rings is 1. The Balaban J connectivity index is 2.06. The van der Waals surface area contributed by atoms with Crippen LogP contribution in [0.5, 0.6) is 0 Å². The largest absolute Gasteiger partial charge is 0.352 e. The second-order valence-corrected chi connectivity index (χ2v) is 6.39. The van der Waals surface area contributed by atoms with Crippen LogP contribution in [0.15, 0.2) is 24.3 Å². The van der Waals surface area contributed by atoms with Crippen molar-refractivity contribution in [2.45, 2.75) is 45.4 Å². The fraction of sp³-hybridized carbons (Fsp3) is 0.556. The quantitative estimate of drug-likeness (QED) is 0.754. The van der Waals surface area contributed by atoms with E-state index in [1.165, 1.54) is 6.42 Å². The predicted octanol–water partition coefficient (Wildman–Crippen LogP) is 2.67. The fourth-order valence-electron chi connectivity index (χ4n) is 3.34. The number of anilines is 1. The van der Waals surface area contributed by atoms with Gasteiger partial charge >= 0.3 is 0 Å². The smallest absolute Gasteiger partial charge is 0.253 e. The van der Waals surface area contributed by atoms with Gasteiger partial charge in [-0.25, -0.2) is 0 Å². The van der Waals surface area contributed by atoms with Crippen LogP contribution < -0.4 is 16.4 Å². The summed E-state index contributed by atoms with van der Waals surface area (Å²) in [6.07, 6.45) is 5.94. The molecular formula is C18H27N3O2. The molecule has 1 aromatic carbocycles. The van der Waals surface area contributed by atoms with Gasteiger partial charge in [0.15, 0.2) is 0 Å². The molecule has 0 saturated heterocycles. The lowest BCUT2D eigenvalue weighted by Crippen LogP contribution is -2.36. The predicted molar refractivity (Wildman–Crippen MR) is 92.3 cm³/mol. The lowest BCUT2D eigenvalue weighted by molar-refractivity contribution is -0.118. The van der Waals surface area contributed by atoms with E-state index >= 15 is 0 Å². The van der Waals surface area contributed by atoms with E-state index in [2.05, 4.69) is 10.6 Å². The molecule has 0 aromatic heterocycles. The maximum absolute atomic E-state index is 12.5. The first kappa shape index (κ1) is 17.5. The summed E-state index contributed by atoms with van der Waals surface area (Å²) in [5.74, 6) is -0.233. The van der Waals surface area contributed by atoms with Gasteiger partial charge < -0.3 is 16.4 Å². The molecule has 0 spiro atoms. The highest BCUT2D eigenvalue weighted by Crippen LogP contribution is 2.38. The number of para-hydroxylation sites is 1. The Labute approximate surface area is 138 Å². The topological polar surface area (TPSA) is 84.2 Å². The molecule has 1 saturated carbocycles. The maximum Gasteiger partial charge on any atom is 0.253 e. The number of hydrogen-bond acceptors (Lipinski definition) is 3. The summed E-state index contributed by atoms with van der Waals surface area (Å²) in [4.78, 5) is 24.6. The highest BCUT2D eigenvalue weighted by atomic mass is 16.2. The Bertz CT molecular complexity index is 551. The number of carbonyl (C=O) groups excluding carboxylic acids is 2. The van der Waals surface area contributed by atoms with Gasteiger partial charge in [-0.1, -0.05) is 31.4 Å². The zero-order valence-electron chi connectivity index (χ0n) is 13.9. The summed E-state index contributed by atoms with van der Waals surface area (Å²) in [5.41, 5.74) is 6.93. The molecule has 126 valence electrons. The van der Waals surface area contributed by atoms with E-state index in [0.717, 1.165) is 25.7 Å². The van der Waals surface area contributed by atoms with Crippen molar-refractivity contribution in [1.82, 2.24) is 5.32 Å². The highest BCUT2D eigenvalue weighted by Gasteiger charge is 2.33. The molecule has 0 radical (unpaired) electrons. The molecule has 1 aromatic rings. The summed E-state index contributed by atoms with van der Waals surface area (Å²) in [5, 5.41) is 5.67. The lowest BCUT2D eigenvalue weighted by Gasteiger charge is -2.35. The minimum atomic E-state index is -0.172. The number of rotatable bonds is 6. The van der Waals surface area contributed by atoms with Crippen molar-refractivity contribution in [3.63, 3.8) is 0 Å². The van der Waals surface area contributed by atoms with E-state index in [1.54, 1.807) is 18.2 Å². The average Bonchev–Trinajstić information content (AvgIpc) is 2.56. The van der Waals surface area contributed by atoms with Crippen LogP contribution in [0.4, 0.5) is 5.69 Å². The van der Waals surface area contributed by atoms with Crippen molar-refractivity contribution in [3.05, 3.63) is 29.8 Å². The molecule has 0 atom stereocenters. The Morgan fingerprint density at radius 3 is 2.52 bits per heavy atom. The number of hydrogen-bond donors (Lipinski definition) is 3. The van der Waals surface area contributed by atoms with E-state index in [0.29, 0.717) is 30.8 Å². The zero-order chi connectivity index (χ0) is 16.7. The van der Waals surface area contributed by atoms with Crippen molar-refractivity contribution in [3.8, 4) is 0 Å². The molecule has 0 aliphatic heterocycles. The number of nitrogens with two attached hydrogens (primary N) is 1. The number of carbonyl (C=O) groups is 2. The van der Waals surface area contributed by atoms with Gasteiger partial charge in [-0.05, 0) is 43.9 Å². The zero-order valence-corrected chi connectivity index (χ0v) is 13.9. The van der Waals surface area contributed by atoms with Gasteiger partial charge in [-0.2, -0.15) is 0 Å². The first-order valence-corrected chi connectivity index (χ1v) is 8.47. The van der Waals surface area contributed by atoms with Gasteiger partial charge in [0.1, 0.15) is 0 Å². The highest BCUT2D eigenvalue weighted by molar-refractivity contribution is 6.03. The van der Waals surface area contributed by atoms with Gasteiger partial charge in [0.2, 0.25) is 5.91 Å². The number of amides is 2. The molecule has 1 aliphatic carbocycles. The molecule has 1 fully saturated rings. The van der Waals surface area contributed by atoms with Crippen molar-refractivity contribution >= 4 is 17.5 Å². The Morgan fingerprint density at radius 2 is 1.87 bits per heavy atom. The summed E-state index contributed by atoms with van der Waals surface area (Å²) in [7, 11) is 0. The van der Waals surface area contributed by atoms with Crippen LogP contribution in [0.1, 0.15) is 55.8 Å². The van der Waals surface area contributed by atoms with Crippen molar-refractivity contribution in [2.75, 3.05) is 18.4 Å². The minimum Gasteiger partial charge on any atom is -0.352 e. The van der Waals surface area contributed by atoms with Crippen molar-refractivity contribution < 1.29 is 9.59 Å². The molecule has 2 rings (SSSR count). The monoisotopic (exact) mass is 317 g/mol. The SMILES string of the molecule is CCNC(=O)c1ccccc1NC(=O)CC1(CN)CCCCC1. The van der Waals surface area contributed by atoms with Crippen molar-refractivity contribution in [2.24, 2.45) is 11.1 Å². The van der Waals surface area contributed by atoms with Crippen LogP contribution in [0.3, 0.4) is 0 Å². The van der Waals surface area contributed by atoms with Crippen LogP contribution in [0.2, 0.25) is 0 Å².